The minimum Gasteiger partial charge on any atom is -0.259 e. The summed E-state index contributed by atoms with van der Waals surface area (Å²) in [5, 5.41) is -1.11. The van der Waals surface area contributed by atoms with Crippen molar-refractivity contribution in [2.75, 3.05) is 28.2 Å². The lowest BCUT2D eigenvalue weighted by Crippen LogP contribution is -2.48. The lowest BCUT2D eigenvalue weighted by Gasteiger charge is -2.33. The Hall–Kier alpha value is -0.410. The smallest absolute Gasteiger partial charge is 0.259 e. The lowest BCUT2D eigenvalue weighted by atomic mass is 10.6. The molecule has 0 spiro atoms. The van der Waals surface area contributed by atoms with Gasteiger partial charge in [-0.1, -0.05) is 11.6 Å². The zero-order valence-corrected chi connectivity index (χ0v) is 7.88. The van der Waals surface area contributed by atoms with Gasteiger partial charge in [-0.3, -0.25) is 9.80 Å². The van der Waals surface area contributed by atoms with Crippen molar-refractivity contribution in [3.63, 3.8) is 0 Å². The van der Waals surface area contributed by atoms with Crippen LogP contribution in [-0.4, -0.2) is 49.3 Å². The van der Waals surface area contributed by atoms with E-state index in [-0.39, 0.29) is 0 Å². The van der Waals surface area contributed by atoms with E-state index in [4.69, 9.17) is 11.6 Å². The maximum atomic E-state index is 10.00. The molecule has 0 radical (unpaired) electrons. The van der Waals surface area contributed by atoms with Gasteiger partial charge in [0.05, 0.1) is 0 Å². The van der Waals surface area contributed by atoms with E-state index in [1.54, 1.807) is 38.0 Å². The van der Waals surface area contributed by atoms with Crippen LogP contribution in [0.4, 0.5) is 0 Å². The van der Waals surface area contributed by atoms with Crippen molar-refractivity contribution < 1.29 is 4.79 Å². The predicted octanol–water partition coefficient (Wildman–Crippen LogP) is 0.295. The average Bonchev–Trinajstić information content (AvgIpc) is 1.87. The molecule has 0 rings (SSSR count). The molecule has 0 bridgehead atoms. The Balaban J connectivity index is 4.66. The highest BCUT2D eigenvalue weighted by molar-refractivity contribution is 6.23. The number of hydrogen-bond donors (Lipinski definition) is 0. The summed E-state index contributed by atoms with van der Waals surface area (Å²) < 4.78 is 0. The van der Waals surface area contributed by atoms with Crippen LogP contribution in [0, 0.1) is 0 Å². The third kappa shape index (κ3) is 2.27. The van der Waals surface area contributed by atoms with E-state index >= 15 is 0 Å². The molecule has 0 saturated carbocycles. The van der Waals surface area contributed by atoms with E-state index in [1.165, 1.54) is 6.08 Å². The highest BCUT2D eigenvalue weighted by Gasteiger charge is 2.31. The lowest BCUT2D eigenvalue weighted by molar-refractivity contribution is 0.0943. The zero-order valence-electron chi connectivity index (χ0n) is 7.13. The standard InChI is InChI=1S/C6H12ClN3O/c1-9(2)6(7,8-5-11)10(3)4/h1-4H3. The normalized spacial score (nSPS) is 11.9. The van der Waals surface area contributed by atoms with Crippen LogP contribution >= 0.6 is 11.6 Å². The Kier molecular flexibility index (Phi) is 3.69. The van der Waals surface area contributed by atoms with E-state index in [1.807, 2.05) is 0 Å². The molecular weight excluding hydrogens is 166 g/mol. The van der Waals surface area contributed by atoms with Gasteiger partial charge in [0.2, 0.25) is 6.08 Å². The first-order valence-electron chi connectivity index (χ1n) is 3.08. The molecule has 0 saturated heterocycles. The maximum absolute atomic E-state index is 10.00. The molecule has 0 aliphatic rings. The maximum Gasteiger partial charge on any atom is 0.259 e. The van der Waals surface area contributed by atoms with Crippen molar-refractivity contribution in [2.24, 2.45) is 4.99 Å². The fourth-order valence-corrected chi connectivity index (χ4v) is 0.693. The molecule has 0 aromatic heterocycles. The summed E-state index contributed by atoms with van der Waals surface area (Å²) in [4.78, 5) is 16.7. The molecule has 0 aromatic rings. The van der Waals surface area contributed by atoms with Crippen molar-refractivity contribution in [2.45, 2.75) is 5.25 Å². The number of hydrogen-bond acceptors (Lipinski definition) is 4. The minimum absolute atomic E-state index is 1.11. The molecule has 0 N–H and O–H groups in total. The van der Waals surface area contributed by atoms with Crippen molar-refractivity contribution in [3.05, 3.63) is 0 Å². The minimum atomic E-state index is -1.11. The Morgan fingerprint density at radius 1 is 1.27 bits per heavy atom. The molecule has 0 unspecified atom stereocenters. The molecule has 4 nitrogen and oxygen atoms in total. The van der Waals surface area contributed by atoms with E-state index in [0.29, 0.717) is 0 Å². The quantitative estimate of drug-likeness (QED) is 0.205. The van der Waals surface area contributed by atoms with Gasteiger partial charge < -0.3 is 0 Å². The summed E-state index contributed by atoms with van der Waals surface area (Å²) >= 11 is 5.93. The molecule has 0 fully saturated rings. The molecule has 0 aromatic carbocycles. The molecule has 0 amide bonds. The fourth-order valence-electron chi connectivity index (χ4n) is 0.658. The number of rotatable bonds is 3. The second kappa shape index (κ2) is 3.83. The first-order valence-corrected chi connectivity index (χ1v) is 3.45. The molecule has 5 heteroatoms. The number of alkyl halides is 1. The molecule has 0 aliphatic carbocycles. The van der Waals surface area contributed by atoms with Crippen LogP contribution in [0.15, 0.2) is 4.99 Å². The zero-order chi connectivity index (χ0) is 9.07. The van der Waals surface area contributed by atoms with Gasteiger partial charge in [0.1, 0.15) is 0 Å². The number of carbonyl (C=O) groups excluding carboxylic acids is 1. The molecule has 0 heterocycles. The highest BCUT2D eigenvalue weighted by Crippen LogP contribution is 2.20. The third-order valence-electron chi connectivity index (χ3n) is 1.33. The Morgan fingerprint density at radius 2 is 1.64 bits per heavy atom. The molecule has 0 atom stereocenters. The van der Waals surface area contributed by atoms with E-state index in [9.17, 15) is 4.79 Å². The topological polar surface area (TPSA) is 35.9 Å². The van der Waals surface area contributed by atoms with Crippen LogP contribution < -0.4 is 0 Å². The Labute approximate surface area is 71.4 Å². The van der Waals surface area contributed by atoms with Crippen molar-refractivity contribution in [3.8, 4) is 0 Å². The van der Waals surface area contributed by atoms with E-state index in [2.05, 4.69) is 4.99 Å². The third-order valence-corrected chi connectivity index (χ3v) is 2.09. The predicted molar refractivity (Wildman–Crippen MR) is 44.1 cm³/mol. The van der Waals surface area contributed by atoms with Crippen LogP contribution in [0.2, 0.25) is 0 Å². The first kappa shape index (κ1) is 10.6. The van der Waals surface area contributed by atoms with Crippen LogP contribution in [-0.2, 0) is 4.79 Å². The van der Waals surface area contributed by atoms with Gasteiger partial charge in [-0.2, -0.15) is 4.99 Å². The Bertz CT molecular complexity index is 167. The van der Waals surface area contributed by atoms with Gasteiger partial charge in [-0.25, -0.2) is 4.79 Å². The van der Waals surface area contributed by atoms with Gasteiger partial charge in [0.25, 0.3) is 5.25 Å². The largest absolute Gasteiger partial charge is 0.259 e. The van der Waals surface area contributed by atoms with Crippen molar-refractivity contribution in [1.82, 2.24) is 9.80 Å². The van der Waals surface area contributed by atoms with Crippen LogP contribution in [0.5, 0.6) is 0 Å². The number of isocyanates is 1. The number of nitrogens with zero attached hydrogens (tertiary/aromatic N) is 3. The second-order valence-corrected chi connectivity index (χ2v) is 3.05. The summed E-state index contributed by atoms with van der Waals surface area (Å²) in [6, 6.07) is 0. The van der Waals surface area contributed by atoms with Crippen LogP contribution in [0.1, 0.15) is 0 Å². The first-order chi connectivity index (χ1) is 4.95. The summed E-state index contributed by atoms with van der Waals surface area (Å²) in [6.07, 6.45) is 1.43. The second-order valence-electron chi connectivity index (χ2n) is 2.55. The molecule has 0 aliphatic heterocycles. The van der Waals surface area contributed by atoms with Gasteiger partial charge >= 0.3 is 0 Å². The van der Waals surface area contributed by atoms with E-state index in [0.717, 1.165) is 0 Å². The molecular formula is C6H12ClN3O. The van der Waals surface area contributed by atoms with Gasteiger partial charge in [-0.15, -0.1) is 0 Å². The van der Waals surface area contributed by atoms with Gasteiger partial charge in [0.15, 0.2) is 0 Å². The summed E-state index contributed by atoms with van der Waals surface area (Å²) in [5.74, 6) is 0. The van der Waals surface area contributed by atoms with E-state index < -0.39 is 5.25 Å². The van der Waals surface area contributed by atoms with Gasteiger partial charge in [0, 0.05) is 0 Å². The number of aliphatic imine (C=N–C) groups is 1. The van der Waals surface area contributed by atoms with Crippen LogP contribution in [0.3, 0.4) is 0 Å². The highest BCUT2D eigenvalue weighted by atomic mass is 35.5. The summed E-state index contributed by atoms with van der Waals surface area (Å²) in [6.45, 7) is 0. The van der Waals surface area contributed by atoms with Crippen molar-refractivity contribution >= 4 is 17.7 Å². The number of halogens is 1. The summed E-state index contributed by atoms with van der Waals surface area (Å²) in [7, 11) is 6.92. The van der Waals surface area contributed by atoms with Crippen LogP contribution in [0.25, 0.3) is 0 Å². The Morgan fingerprint density at radius 3 is 1.73 bits per heavy atom. The summed E-state index contributed by atoms with van der Waals surface area (Å²) in [5.41, 5.74) is 0. The van der Waals surface area contributed by atoms with Crippen molar-refractivity contribution in [1.29, 1.82) is 0 Å². The van der Waals surface area contributed by atoms with Gasteiger partial charge in [-0.05, 0) is 28.2 Å². The molecule has 11 heavy (non-hydrogen) atoms. The monoisotopic (exact) mass is 177 g/mol. The fraction of sp³-hybridized carbons (Fsp3) is 0.833. The SMILES string of the molecule is CN(C)C(Cl)(N=C=O)N(C)C. The molecule has 64 valence electrons. The average molecular weight is 178 g/mol.